The highest BCUT2D eigenvalue weighted by Gasteiger charge is 2.18. The summed E-state index contributed by atoms with van der Waals surface area (Å²) >= 11 is 0. The van der Waals surface area contributed by atoms with Crippen LogP contribution in [0.4, 0.5) is 5.82 Å². The molecule has 1 unspecified atom stereocenters. The van der Waals surface area contributed by atoms with Gasteiger partial charge in [-0.3, -0.25) is 9.89 Å². The monoisotopic (exact) mass is 278 g/mol. The largest absolute Gasteiger partial charge is 0.314 e. The molecule has 1 amide bonds. The van der Waals surface area contributed by atoms with Crippen molar-refractivity contribution in [3.8, 4) is 0 Å². The van der Waals surface area contributed by atoms with Crippen molar-refractivity contribution < 1.29 is 4.79 Å². The lowest BCUT2D eigenvalue weighted by molar-refractivity contribution is -0.116. The lowest BCUT2D eigenvalue weighted by Gasteiger charge is -2.22. The van der Waals surface area contributed by atoms with E-state index in [1.807, 2.05) is 6.07 Å². The van der Waals surface area contributed by atoms with Gasteiger partial charge in [0, 0.05) is 29.6 Å². The summed E-state index contributed by atoms with van der Waals surface area (Å²) in [4.78, 5) is 11.9. The maximum atomic E-state index is 11.9. The number of piperidine rings is 1. The molecule has 1 fully saturated rings. The molecule has 5 heteroatoms. The predicted octanol–water partition coefficient (Wildman–Crippen LogP) is 2.57. The van der Waals surface area contributed by atoms with Gasteiger partial charge in [0.25, 0.3) is 0 Å². The van der Waals surface area contributed by atoms with Gasteiger partial charge >= 0.3 is 0 Å². The second kappa shape index (κ2) is 6.39. The Balaban J connectivity index is 1.77. The molecular formula is C15H26N4O. The molecule has 1 aromatic heterocycles. The standard InChI is InChI=1S/C15H26N4O/c1-15(2,3)12-10-13(19-18-12)17-14(20)8-7-11-6-4-5-9-16-11/h10-11,16H,4-9H2,1-3H3,(H2,17,18,19,20). The van der Waals surface area contributed by atoms with Gasteiger partial charge in [-0.25, -0.2) is 0 Å². The number of nitrogens with one attached hydrogen (secondary N) is 3. The highest BCUT2D eigenvalue weighted by Crippen LogP contribution is 2.22. The highest BCUT2D eigenvalue weighted by atomic mass is 16.1. The minimum atomic E-state index is 0.0159. The number of anilines is 1. The third-order valence-corrected chi connectivity index (χ3v) is 3.79. The minimum absolute atomic E-state index is 0.0159. The predicted molar refractivity (Wildman–Crippen MR) is 80.8 cm³/mol. The summed E-state index contributed by atoms with van der Waals surface area (Å²) in [6.07, 6.45) is 5.17. The van der Waals surface area contributed by atoms with Crippen molar-refractivity contribution in [1.29, 1.82) is 0 Å². The smallest absolute Gasteiger partial charge is 0.225 e. The Morgan fingerprint density at radius 3 is 2.85 bits per heavy atom. The molecule has 2 heterocycles. The summed E-state index contributed by atoms with van der Waals surface area (Å²) in [5, 5.41) is 13.4. The first-order valence-corrected chi connectivity index (χ1v) is 7.54. The normalized spacial score (nSPS) is 19.9. The number of amides is 1. The first-order chi connectivity index (χ1) is 9.45. The summed E-state index contributed by atoms with van der Waals surface area (Å²) in [7, 11) is 0. The van der Waals surface area contributed by atoms with Crippen LogP contribution in [0.25, 0.3) is 0 Å². The number of hydrogen-bond acceptors (Lipinski definition) is 3. The van der Waals surface area contributed by atoms with Crippen molar-refractivity contribution >= 4 is 11.7 Å². The molecule has 1 aliphatic heterocycles. The number of carbonyl (C=O) groups excluding carboxylic acids is 1. The molecule has 0 saturated carbocycles. The first kappa shape index (κ1) is 15.0. The zero-order valence-electron chi connectivity index (χ0n) is 12.8. The van der Waals surface area contributed by atoms with Gasteiger partial charge in [-0.1, -0.05) is 27.2 Å². The lowest BCUT2D eigenvalue weighted by atomic mass is 9.92. The van der Waals surface area contributed by atoms with E-state index in [9.17, 15) is 4.79 Å². The Morgan fingerprint density at radius 2 is 2.25 bits per heavy atom. The van der Waals surface area contributed by atoms with E-state index in [2.05, 4.69) is 41.6 Å². The van der Waals surface area contributed by atoms with Crippen LogP contribution in [0.3, 0.4) is 0 Å². The fourth-order valence-electron chi connectivity index (χ4n) is 2.45. The fraction of sp³-hybridized carbons (Fsp3) is 0.733. The fourth-order valence-corrected chi connectivity index (χ4v) is 2.45. The van der Waals surface area contributed by atoms with Gasteiger partial charge in [0.1, 0.15) is 0 Å². The van der Waals surface area contributed by atoms with Crippen molar-refractivity contribution in [2.75, 3.05) is 11.9 Å². The summed E-state index contributed by atoms with van der Waals surface area (Å²) < 4.78 is 0. The molecule has 20 heavy (non-hydrogen) atoms. The minimum Gasteiger partial charge on any atom is -0.314 e. The van der Waals surface area contributed by atoms with Crippen molar-refractivity contribution in [3.05, 3.63) is 11.8 Å². The van der Waals surface area contributed by atoms with Gasteiger partial charge in [0.05, 0.1) is 0 Å². The van der Waals surface area contributed by atoms with Crippen LogP contribution in [-0.2, 0) is 10.2 Å². The Bertz CT molecular complexity index is 441. The average molecular weight is 278 g/mol. The molecule has 0 aliphatic carbocycles. The van der Waals surface area contributed by atoms with Crippen molar-refractivity contribution in [3.63, 3.8) is 0 Å². The maximum absolute atomic E-state index is 11.9. The van der Waals surface area contributed by atoms with E-state index in [0.29, 0.717) is 18.3 Å². The first-order valence-electron chi connectivity index (χ1n) is 7.54. The van der Waals surface area contributed by atoms with Crippen LogP contribution in [0.2, 0.25) is 0 Å². The Morgan fingerprint density at radius 1 is 1.45 bits per heavy atom. The van der Waals surface area contributed by atoms with Gasteiger partial charge in [0.15, 0.2) is 5.82 Å². The number of aromatic nitrogens is 2. The van der Waals surface area contributed by atoms with Crippen molar-refractivity contribution in [2.45, 2.75) is 64.3 Å². The number of H-pyrrole nitrogens is 1. The van der Waals surface area contributed by atoms with Crippen LogP contribution < -0.4 is 10.6 Å². The van der Waals surface area contributed by atoms with E-state index in [0.717, 1.165) is 18.7 Å². The summed E-state index contributed by atoms with van der Waals surface area (Å²) in [5.74, 6) is 0.667. The molecule has 0 aromatic carbocycles. The molecule has 112 valence electrons. The third kappa shape index (κ3) is 4.34. The van der Waals surface area contributed by atoms with Crippen LogP contribution in [0, 0.1) is 0 Å². The molecule has 1 atom stereocenters. The quantitative estimate of drug-likeness (QED) is 0.793. The van der Waals surface area contributed by atoms with Crippen LogP contribution in [0.15, 0.2) is 6.07 Å². The molecule has 0 radical (unpaired) electrons. The van der Waals surface area contributed by atoms with Crippen LogP contribution in [0.1, 0.15) is 58.6 Å². The van der Waals surface area contributed by atoms with Gasteiger partial charge in [-0.05, 0) is 25.8 Å². The molecule has 1 aromatic rings. The van der Waals surface area contributed by atoms with Crippen LogP contribution in [-0.4, -0.2) is 28.7 Å². The zero-order chi connectivity index (χ0) is 14.6. The summed E-state index contributed by atoms with van der Waals surface area (Å²) in [6, 6.07) is 2.41. The number of rotatable bonds is 4. The van der Waals surface area contributed by atoms with Gasteiger partial charge < -0.3 is 10.6 Å². The summed E-state index contributed by atoms with van der Waals surface area (Å²) in [6.45, 7) is 7.42. The van der Waals surface area contributed by atoms with E-state index in [4.69, 9.17) is 0 Å². The van der Waals surface area contributed by atoms with E-state index in [-0.39, 0.29) is 11.3 Å². The number of carbonyl (C=O) groups is 1. The van der Waals surface area contributed by atoms with E-state index in [1.54, 1.807) is 0 Å². The number of aromatic amines is 1. The van der Waals surface area contributed by atoms with Crippen molar-refractivity contribution in [1.82, 2.24) is 15.5 Å². The average Bonchev–Trinajstić information content (AvgIpc) is 2.86. The van der Waals surface area contributed by atoms with Crippen molar-refractivity contribution in [2.24, 2.45) is 0 Å². The SMILES string of the molecule is CC(C)(C)c1cc(NC(=O)CCC2CCCCN2)n[nH]1. The molecule has 0 spiro atoms. The zero-order valence-corrected chi connectivity index (χ0v) is 12.8. The van der Waals surface area contributed by atoms with E-state index >= 15 is 0 Å². The van der Waals surface area contributed by atoms with Gasteiger partial charge in [-0.2, -0.15) is 5.10 Å². The van der Waals surface area contributed by atoms with Crippen LogP contribution >= 0.6 is 0 Å². The molecule has 3 N–H and O–H groups in total. The number of nitrogens with zero attached hydrogens (tertiary/aromatic N) is 1. The lowest BCUT2D eigenvalue weighted by Crippen LogP contribution is -2.34. The highest BCUT2D eigenvalue weighted by molar-refractivity contribution is 5.89. The van der Waals surface area contributed by atoms with Gasteiger partial charge in [-0.15, -0.1) is 0 Å². The molecule has 0 bridgehead atoms. The second-order valence-electron chi connectivity index (χ2n) is 6.65. The Labute approximate surface area is 120 Å². The molecular weight excluding hydrogens is 252 g/mol. The maximum Gasteiger partial charge on any atom is 0.225 e. The topological polar surface area (TPSA) is 69.8 Å². The Kier molecular flexibility index (Phi) is 4.81. The number of hydrogen-bond donors (Lipinski definition) is 3. The molecule has 2 rings (SSSR count). The summed E-state index contributed by atoms with van der Waals surface area (Å²) in [5.41, 5.74) is 1.05. The molecule has 5 nitrogen and oxygen atoms in total. The molecule has 1 aliphatic rings. The van der Waals surface area contributed by atoms with E-state index < -0.39 is 0 Å². The van der Waals surface area contributed by atoms with Gasteiger partial charge in [0.2, 0.25) is 5.91 Å². The third-order valence-electron chi connectivity index (χ3n) is 3.79. The Hall–Kier alpha value is -1.36. The van der Waals surface area contributed by atoms with E-state index in [1.165, 1.54) is 19.3 Å². The second-order valence-corrected chi connectivity index (χ2v) is 6.65. The van der Waals surface area contributed by atoms with Crippen LogP contribution in [0.5, 0.6) is 0 Å². The molecule has 1 saturated heterocycles.